The van der Waals surface area contributed by atoms with E-state index in [0.29, 0.717) is 17.9 Å². The van der Waals surface area contributed by atoms with Crippen molar-refractivity contribution in [3.8, 4) is 5.82 Å². The number of nitrogens with one attached hydrogen (secondary N) is 1. The molecule has 0 atom stereocenters. The van der Waals surface area contributed by atoms with Gasteiger partial charge in [-0.05, 0) is 38.5 Å². The summed E-state index contributed by atoms with van der Waals surface area (Å²) in [4.78, 5) is 20.5. The van der Waals surface area contributed by atoms with Crippen molar-refractivity contribution < 1.29 is 4.79 Å². The number of carbonyl (C=O) groups is 1. The molecule has 124 valence electrons. The third kappa shape index (κ3) is 3.68. The molecule has 3 rings (SSSR count). The molecule has 0 fully saturated rings. The molecule has 7 nitrogen and oxygen atoms in total. The summed E-state index contributed by atoms with van der Waals surface area (Å²) in [5.74, 6) is 0.565. The first kappa shape index (κ1) is 15.9. The highest BCUT2D eigenvalue weighted by Gasteiger charge is 2.07. The predicted octanol–water partition coefficient (Wildman–Crippen LogP) is 1.90. The van der Waals surface area contributed by atoms with Crippen molar-refractivity contribution in [2.75, 3.05) is 6.54 Å². The van der Waals surface area contributed by atoms with Gasteiger partial charge in [-0.15, -0.1) is 0 Å². The average Bonchev–Trinajstić information content (AvgIpc) is 3.21. The third-order valence-electron chi connectivity index (χ3n) is 3.71. The lowest BCUT2D eigenvalue weighted by atomic mass is 10.2. The fraction of sp³-hybridized carbons (Fsp3) is 0.294. The molecule has 0 radical (unpaired) electrons. The van der Waals surface area contributed by atoms with E-state index in [4.69, 9.17) is 0 Å². The molecule has 0 bridgehead atoms. The zero-order valence-corrected chi connectivity index (χ0v) is 13.8. The van der Waals surface area contributed by atoms with E-state index >= 15 is 0 Å². The van der Waals surface area contributed by atoms with Crippen LogP contribution in [-0.4, -0.2) is 36.8 Å². The Hall–Kier alpha value is -2.96. The summed E-state index contributed by atoms with van der Waals surface area (Å²) in [6, 6.07) is 5.50. The first-order chi connectivity index (χ1) is 11.6. The lowest BCUT2D eigenvalue weighted by Crippen LogP contribution is -2.25. The quantitative estimate of drug-likeness (QED) is 0.703. The highest BCUT2D eigenvalue weighted by atomic mass is 16.1. The highest BCUT2D eigenvalue weighted by molar-refractivity contribution is 5.94. The van der Waals surface area contributed by atoms with E-state index < -0.39 is 0 Å². The second-order valence-electron chi connectivity index (χ2n) is 5.63. The molecular weight excluding hydrogens is 304 g/mol. The van der Waals surface area contributed by atoms with Crippen molar-refractivity contribution >= 4 is 5.91 Å². The van der Waals surface area contributed by atoms with Gasteiger partial charge in [0.25, 0.3) is 5.91 Å². The molecule has 0 spiro atoms. The van der Waals surface area contributed by atoms with Crippen LogP contribution in [-0.2, 0) is 6.54 Å². The number of rotatable bonds is 6. The maximum absolute atomic E-state index is 12.3. The second-order valence-corrected chi connectivity index (χ2v) is 5.63. The fourth-order valence-corrected chi connectivity index (χ4v) is 2.53. The number of hydrogen-bond donors (Lipinski definition) is 1. The van der Waals surface area contributed by atoms with E-state index in [9.17, 15) is 4.79 Å². The molecule has 3 aromatic heterocycles. The van der Waals surface area contributed by atoms with Gasteiger partial charge in [-0.25, -0.2) is 9.97 Å². The highest BCUT2D eigenvalue weighted by Crippen LogP contribution is 2.07. The van der Waals surface area contributed by atoms with E-state index in [1.807, 2.05) is 24.6 Å². The number of imidazole rings is 1. The topological polar surface area (TPSA) is 77.6 Å². The van der Waals surface area contributed by atoms with Gasteiger partial charge in [0, 0.05) is 42.9 Å². The van der Waals surface area contributed by atoms with Gasteiger partial charge < -0.3 is 5.32 Å². The molecule has 0 aliphatic heterocycles. The summed E-state index contributed by atoms with van der Waals surface area (Å²) in [5.41, 5.74) is 2.73. The van der Waals surface area contributed by atoms with Gasteiger partial charge in [-0.2, -0.15) is 5.10 Å². The van der Waals surface area contributed by atoms with Crippen LogP contribution in [0.4, 0.5) is 0 Å². The van der Waals surface area contributed by atoms with Crippen molar-refractivity contribution in [2.45, 2.75) is 26.8 Å². The summed E-state index contributed by atoms with van der Waals surface area (Å²) in [6.07, 6.45) is 7.57. The summed E-state index contributed by atoms with van der Waals surface area (Å²) < 4.78 is 3.73. The van der Waals surface area contributed by atoms with Crippen molar-refractivity contribution in [2.24, 2.45) is 0 Å². The van der Waals surface area contributed by atoms with Crippen molar-refractivity contribution in [1.29, 1.82) is 0 Å². The molecule has 1 amide bonds. The minimum Gasteiger partial charge on any atom is -0.352 e. The van der Waals surface area contributed by atoms with E-state index in [1.54, 1.807) is 41.6 Å². The maximum atomic E-state index is 12.3. The molecule has 0 saturated heterocycles. The Kier molecular flexibility index (Phi) is 4.69. The maximum Gasteiger partial charge on any atom is 0.251 e. The lowest BCUT2D eigenvalue weighted by molar-refractivity contribution is 0.0952. The largest absolute Gasteiger partial charge is 0.352 e. The lowest BCUT2D eigenvalue weighted by Gasteiger charge is -2.08. The van der Waals surface area contributed by atoms with E-state index in [0.717, 1.165) is 24.4 Å². The Bertz CT molecular complexity index is 821. The van der Waals surface area contributed by atoms with Crippen LogP contribution in [0.1, 0.15) is 28.2 Å². The van der Waals surface area contributed by atoms with Crippen LogP contribution in [0.2, 0.25) is 0 Å². The minimum atomic E-state index is -0.105. The van der Waals surface area contributed by atoms with Crippen LogP contribution in [0.25, 0.3) is 5.82 Å². The van der Waals surface area contributed by atoms with Gasteiger partial charge in [-0.1, -0.05) is 0 Å². The van der Waals surface area contributed by atoms with Gasteiger partial charge in [0.15, 0.2) is 0 Å². The van der Waals surface area contributed by atoms with Crippen molar-refractivity contribution in [3.63, 3.8) is 0 Å². The third-order valence-corrected chi connectivity index (χ3v) is 3.71. The number of aromatic nitrogens is 5. The van der Waals surface area contributed by atoms with Gasteiger partial charge in [0.1, 0.15) is 12.1 Å². The smallest absolute Gasteiger partial charge is 0.251 e. The normalized spacial score (nSPS) is 10.8. The zero-order chi connectivity index (χ0) is 16.9. The Balaban J connectivity index is 1.54. The first-order valence-electron chi connectivity index (χ1n) is 7.87. The molecule has 7 heteroatoms. The van der Waals surface area contributed by atoms with Gasteiger partial charge in [0.2, 0.25) is 0 Å². The molecule has 3 heterocycles. The van der Waals surface area contributed by atoms with E-state index in [-0.39, 0.29) is 5.91 Å². The molecule has 0 aliphatic carbocycles. The molecule has 0 unspecified atom stereocenters. The van der Waals surface area contributed by atoms with Crippen molar-refractivity contribution in [3.05, 3.63) is 60.1 Å². The summed E-state index contributed by atoms with van der Waals surface area (Å²) in [6.45, 7) is 5.40. The van der Waals surface area contributed by atoms with Crippen LogP contribution < -0.4 is 5.32 Å². The molecule has 0 saturated carbocycles. The average molecular weight is 324 g/mol. The predicted molar refractivity (Wildman–Crippen MR) is 90.0 cm³/mol. The summed E-state index contributed by atoms with van der Waals surface area (Å²) in [7, 11) is 0. The zero-order valence-electron chi connectivity index (χ0n) is 13.8. The Morgan fingerprint density at radius 1 is 1.25 bits per heavy atom. The molecule has 0 aromatic carbocycles. The van der Waals surface area contributed by atoms with Gasteiger partial charge >= 0.3 is 0 Å². The monoisotopic (exact) mass is 324 g/mol. The first-order valence-corrected chi connectivity index (χ1v) is 7.87. The van der Waals surface area contributed by atoms with Crippen LogP contribution in [0.5, 0.6) is 0 Å². The van der Waals surface area contributed by atoms with Crippen LogP contribution >= 0.6 is 0 Å². The fourth-order valence-electron chi connectivity index (χ4n) is 2.53. The summed E-state index contributed by atoms with van der Waals surface area (Å²) >= 11 is 0. The number of carbonyl (C=O) groups excluding carboxylic acids is 1. The van der Waals surface area contributed by atoms with E-state index in [2.05, 4.69) is 20.4 Å². The second kappa shape index (κ2) is 7.08. The number of aryl methyl sites for hydroxylation is 3. The molecule has 1 N–H and O–H groups in total. The van der Waals surface area contributed by atoms with Crippen molar-refractivity contribution in [1.82, 2.24) is 29.6 Å². The van der Waals surface area contributed by atoms with Crippen LogP contribution in [0, 0.1) is 13.8 Å². The van der Waals surface area contributed by atoms with E-state index in [1.165, 1.54) is 0 Å². The molecular formula is C17H20N6O. The number of hydrogen-bond acceptors (Lipinski definition) is 4. The number of amides is 1. The Labute approximate surface area is 140 Å². The number of pyridine rings is 1. The SMILES string of the molecule is Cc1cc(C)n(CCCNC(=O)c2ccnc(-n3ccnc3)c2)n1. The number of nitrogens with zero attached hydrogens (tertiary/aromatic N) is 5. The minimum absolute atomic E-state index is 0.105. The Morgan fingerprint density at radius 3 is 2.83 bits per heavy atom. The Morgan fingerprint density at radius 2 is 2.12 bits per heavy atom. The van der Waals surface area contributed by atoms with Crippen LogP contribution in [0.3, 0.4) is 0 Å². The van der Waals surface area contributed by atoms with Gasteiger partial charge in [-0.3, -0.25) is 14.0 Å². The van der Waals surface area contributed by atoms with Crippen LogP contribution in [0.15, 0.2) is 43.1 Å². The molecule has 3 aromatic rings. The summed E-state index contributed by atoms with van der Waals surface area (Å²) in [5, 5.41) is 7.35. The standard InChI is InChI=1S/C17H20N6O/c1-13-10-14(2)23(21-13)8-3-5-20-17(24)15-4-6-19-16(11-15)22-9-7-18-12-22/h4,6-7,9-12H,3,5,8H2,1-2H3,(H,20,24). The van der Waals surface area contributed by atoms with Gasteiger partial charge in [0.05, 0.1) is 5.69 Å². The molecule has 0 aliphatic rings. The molecule has 24 heavy (non-hydrogen) atoms.